The normalized spacial score (nSPS) is 25.4. The number of rotatable bonds is 1. The predicted molar refractivity (Wildman–Crippen MR) is 90.2 cm³/mol. The van der Waals surface area contributed by atoms with Crippen molar-refractivity contribution in [1.29, 1.82) is 0 Å². The second-order valence-electron chi connectivity index (χ2n) is 7.65. The molecule has 1 saturated carbocycles. The summed E-state index contributed by atoms with van der Waals surface area (Å²) in [7, 11) is 0. The van der Waals surface area contributed by atoms with Crippen molar-refractivity contribution in [2.75, 3.05) is 6.54 Å². The molecule has 2 N–H and O–H groups in total. The molecule has 0 amide bonds. The average Bonchev–Trinajstić information content (AvgIpc) is 2.92. The van der Waals surface area contributed by atoms with Crippen molar-refractivity contribution in [2.45, 2.75) is 69.9 Å². The Morgan fingerprint density at radius 1 is 1.00 bits per heavy atom. The highest BCUT2D eigenvalue weighted by atomic mass is 15.1. The Kier molecular flexibility index (Phi) is 3.07. The second-order valence-corrected chi connectivity index (χ2v) is 7.65. The minimum atomic E-state index is 0.739. The van der Waals surface area contributed by atoms with E-state index >= 15 is 0 Å². The Labute approximate surface area is 132 Å². The molecule has 1 fully saturated rings. The number of hydrogen-bond acceptors (Lipinski definition) is 0. The van der Waals surface area contributed by atoms with Crippen LogP contribution in [-0.4, -0.2) is 11.1 Å². The molecule has 0 bridgehead atoms. The molecule has 0 radical (unpaired) electrons. The van der Waals surface area contributed by atoms with Crippen LogP contribution in [0.15, 0.2) is 18.2 Å². The quantitative estimate of drug-likeness (QED) is 0.829. The summed E-state index contributed by atoms with van der Waals surface area (Å²) in [4.78, 5) is 0. The van der Waals surface area contributed by atoms with Gasteiger partial charge in [-0.2, -0.15) is 0 Å². The van der Waals surface area contributed by atoms with Crippen molar-refractivity contribution in [3.8, 4) is 0 Å². The van der Waals surface area contributed by atoms with E-state index in [0.717, 1.165) is 12.0 Å². The largest absolute Gasteiger partial charge is 0.337 e. The third-order valence-corrected chi connectivity index (χ3v) is 6.41. The topological polar surface area (TPSA) is 21.5 Å². The standard InChI is InChI=1S/C20H26N2/c1-2-5-14(6-3-1)15-9-10-19-17(13-15)16-7-4-8-18-20(16)22(19)12-11-21-18/h9-10,13-14,18,21H,1-8,11-12H2/p+1. The number of aromatic nitrogens is 1. The highest BCUT2D eigenvalue weighted by molar-refractivity contribution is 5.87. The van der Waals surface area contributed by atoms with Crippen molar-refractivity contribution in [3.05, 3.63) is 35.0 Å². The van der Waals surface area contributed by atoms with Crippen LogP contribution in [0.4, 0.5) is 0 Å². The SMILES string of the molecule is c1cc2c(cc1C1CCCCC1)c1c3n2CC[NH2+]C3CCC1. The molecular formula is C20H27N2+. The van der Waals surface area contributed by atoms with Gasteiger partial charge in [0.2, 0.25) is 0 Å². The van der Waals surface area contributed by atoms with Gasteiger partial charge in [0, 0.05) is 17.3 Å². The predicted octanol–water partition coefficient (Wildman–Crippen LogP) is 3.64. The highest BCUT2D eigenvalue weighted by Crippen LogP contribution is 2.40. The molecule has 1 aromatic carbocycles. The van der Waals surface area contributed by atoms with Gasteiger partial charge in [-0.25, -0.2) is 0 Å². The van der Waals surface area contributed by atoms with Crippen molar-refractivity contribution < 1.29 is 5.32 Å². The first-order valence-corrected chi connectivity index (χ1v) is 9.40. The van der Waals surface area contributed by atoms with Crippen LogP contribution < -0.4 is 5.32 Å². The van der Waals surface area contributed by atoms with E-state index in [1.54, 1.807) is 22.2 Å². The number of fused-ring (bicyclic) bond motifs is 3. The molecular weight excluding hydrogens is 268 g/mol. The van der Waals surface area contributed by atoms with Crippen LogP contribution in [0, 0.1) is 0 Å². The molecule has 3 aliphatic rings. The molecule has 1 aromatic heterocycles. The molecule has 5 rings (SSSR count). The van der Waals surface area contributed by atoms with Crippen molar-refractivity contribution in [3.63, 3.8) is 0 Å². The molecule has 116 valence electrons. The summed E-state index contributed by atoms with van der Waals surface area (Å²) < 4.78 is 2.65. The van der Waals surface area contributed by atoms with Gasteiger partial charge in [-0.05, 0) is 54.9 Å². The summed E-state index contributed by atoms with van der Waals surface area (Å²) in [6.45, 7) is 2.45. The molecule has 0 saturated heterocycles. The number of nitrogens with zero attached hydrogens (tertiary/aromatic N) is 1. The Morgan fingerprint density at radius 3 is 2.82 bits per heavy atom. The number of quaternary nitrogens is 1. The fourth-order valence-corrected chi connectivity index (χ4v) is 5.35. The van der Waals surface area contributed by atoms with E-state index in [2.05, 4.69) is 28.1 Å². The molecule has 0 spiro atoms. The maximum Gasteiger partial charge on any atom is 0.127 e. The first kappa shape index (κ1) is 13.2. The molecule has 1 aliphatic heterocycles. The van der Waals surface area contributed by atoms with Crippen molar-refractivity contribution in [1.82, 2.24) is 4.57 Å². The van der Waals surface area contributed by atoms with E-state index in [1.165, 1.54) is 70.0 Å². The maximum absolute atomic E-state index is 2.65. The minimum absolute atomic E-state index is 0.739. The smallest absolute Gasteiger partial charge is 0.127 e. The first-order valence-electron chi connectivity index (χ1n) is 9.40. The van der Waals surface area contributed by atoms with E-state index < -0.39 is 0 Å². The van der Waals surface area contributed by atoms with E-state index in [9.17, 15) is 0 Å². The number of hydrogen-bond donors (Lipinski definition) is 1. The van der Waals surface area contributed by atoms with Crippen molar-refractivity contribution >= 4 is 10.9 Å². The number of benzene rings is 1. The average molecular weight is 295 g/mol. The van der Waals surface area contributed by atoms with Gasteiger partial charge in [0.1, 0.15) is 6.04 Å². The van der Waals surface area contributed by atoms with Crippen LogP contribution in [-0.2, 0) is 13.0 Å². The summed E-state index contributed by atoms with van der Waals surface area (Å²) in [5.74, 6) is 0.827. The van der Waals surface area contributed by atoms with Gasteiger partial charge in [-0.15, -0.1) is 0 Å². The second kappa shape index (κ2) is 5.13. The Hall–Kier alpha value is -1.28. The summed E-state index contributed by atoms with van der Waals surface area (Å²) in [5.41, 5.74) is 6.51. The fourth-order valence-electron chi connectivity index (χ4n) is 5.35. The lowest BCUT2D eigenvalue weighted by Crippen LogP contribution is -2.88. The van der Waals surface area contributed by atoms with E-state index in [4.69, 9.17) is 0 Å². The van der Waals surface area contributed by atoms with Crippen LogP contribution in [0.5, 0.6) is 0 Å². The zero-order valence-corrected chi connectivity index (χ0v) is 13.5. The van der Waals surface area contributed by atoms with Gasteiger partial charge in [0.25, 0.3) is 0 Å². The highest BCUT2D eigenvalue weighted by Gasteiger charge is 2.32. The molecule has 1 unspecified atom stereocenters. The first-order chi connectivity index (χ1) is 10.9. The van der Waals surface area contributed by atoms with E-state index in [0.29, 0.717) is 0 Å². The number of nitrogens with two attached hydrogens (primary N) is 1. The lowest BCUT2D eigenvalue weighted by Gasteiger charge is -2.27. The van der Waals surface area contributed by atoms with Crippen LogP contribution in [0.1, 0.15) is 73.7 Å². The minimum Gasteiger partial charge on any atom is -0.337 e. The van der Waals surface area contributed by atoms with Crippen molar-refractivity contribution in [2.24, 2.45) is 0 Å². The van der Waals surface area contributed by atoms with Crippen LogP contribution in [0.2, 0.25) is 0 Å². The molecule has 2 nitrogen and oxygen atoms in total. The lowest BCUT2D eigenvalue weighted by atomic mass is 9.83. The van der Waals surface area contributed by atoms with Gasteiger partial charge in [-0.1, -0.05) is 25.3 Å². The molecule has 1 atom stereocenters. The summed E-state index contributed by atoms with van der Waals surface area (Å²) in [6.07, 6.45) is 11.2. The Bertz CT molecular complexity index is 704. The van der Waals surface area contributed by atoms with E-state index in [1.807, 2.05) is 0 Å². The van der Waals surface area contributed by atoms with Gasteiger partial charge >= 0.3 is 0 Å². The van der Waals surface area contributed by atoms with Gasteiger partial charge in [-0.3, -0.25) is 0 Å². The molecule has 22 heavy (non-hydrogen) atoms. The monoisotopic (exact) mass is 295 g/mol. The third-order valence-electron chi connectivity index (χ3n) is 6.41. The lowest BCUT2D eigenvalue weighted by molar-refractivity contribution is -0.704. The van der Waals surface area contributed by atoms with Gasteiger partial charge in [0.05, 0.1) is 18.8 Å². The molecule has 2 aliphatic carbocycles. The number of aryl methyl sites for hydroxylation is 1. The Morgan fingerprint density at radius 2 is 1.91 bits per heavy atom. The molecule has 2 heteroatoms. The Balaban J connectivity index is 1.66. The van der Waals surface area contributed by atoms with Gasteiger partial charge < -0.3 is 9.88 Å². The van der Waals surface area contributed by atoms with Crippen LogP contribution in [0.25, 0.3) is 10.9 Å². The van der Waals surface area contributed by atoms with Crippen LogP contribution in [0.3, 0.4) is 0 Å². The zero-order valence-electron chi connectivity index (χ0n) is 13.5. The van der Waals surface area contributed by atoms with Gasteiger partial charge in [0.15, 0.2) is 0 Å². The summed E-state index contributed by atoms with van der Waals surface area (Å²) in [5, 5.41) is 4.18. The van der Waals surface area contributed by atoms with E-state index in [-0.39, 0.29) is 0 Å². The summed E-state index contributed by atoms with van der Waals surface area (Å²) >= 11 is 0. The summed E-state index contributed by atoms with van der Waals surface area (Å²) in [6, 6.07) is 8.21. The maximum atomic E-state index is 2.65. The zero-order chi connectivity index (χ0) is 14.5. The fraction of sp³-hybridized carbons (Fsp3) is 0.600. The third kappa shape index (κ3) is 1.89. The molecule has 2 aromatic rings. The molecule has 2 heterocycles. The van der Waals surface area contributed by atoms with Crippen LogP contribution >= 0.6 is 0 Å².